The molecule has 0 bridgehead atoms. The Kier molecular flexibility index (Phi) is 2.93. The van der Waals surface area contributed by atoms with Crippen molar-refractivity contribution in [2.75, 3.05) is 0 Å². The zero-order valence-electron chi connectivity index (χ0n) is 10.3. The molecule has 2 aromatic heterocycles. The van der Waals surface area contributed by atoms with Crippen LogP contribution in [0.5, 0.6) is 0 Å². The maximum Gasteiger partial charge on any atom is 0.148 e. The summed E-state index contributed by atoms with van der Waals surface area (Å²) >= 11 is 0. The van der Waals surface area contributed by atoms with Crippen LogP contribution in [0.25, 0.3) is 0 Å². The van der Waals surface area contributed by atoms with E-state index < -0.39 is 5.54 Å². The molecule has 0 unspecified atom stereocenters. The van der Waals surface area contributed by atoms with Crippen LogP contribution < -0.4 is 5.73 Å². The summed E-state index contributed by atoms with van der Waals surface area (Å²) in [4.78, 5) is 4.19. The topological polar surface area (TPSA) is 87.4 Å². The highest BCUT2D eigenvalue weighted by atomic mass is 15.4. The number of nitrogens with zero attached hydrogens (tertiary/aromatic N) is 6. The summed E-state index contributed by atoms with van der Waals surface area (Å²) in [5.41, 5.74) is 6.24. The van der Waals surface area contributed by atoms with Gasteiger partial charge in [0.1, 0.15) is 24.4 Å². The number of aryl methyl sites for hydroxylation is 1. The fraction of sp³-hybridized carbons (Fsp3) is 0.600. The predicted octanol–water partition coefficient (Wildman–Crippen LogP) is 0.132. The Morgan fingerprint density at radius 3 is 2.76 bits per heavy atom. The normalized spacial score (nSPS) is 12.0. The molecule has 0 fully saturated rings. The number of hydrogen-bond donors (Lipinski definition) is 1. The van der Waals surface area contributed by atoms with Gasteiger partial charge in [0.2, 0.25) is 0 Å². The Balaban J connectivity index is 2.17. The molecule has 2 rings (SSSR count). The first-order chi connectivity index (χ1) is 8.00. The van der Waals surface area contributed by atoms with Crippen molar-refractivity contribution >= 4 is 0 Å². The van der Waals surface area contributed by atoms with Crippen LogP contribution in [0.15, 0.2) is 12.5 Å². The maximum absolute atomic E-state index is 5.95. The van der Waals surface area contributed by atoms with E-state index in [2.05, 4.69) is 20.4 Å². The van der Waals surface area contributed by atoms with E-state index in [1.54, 1.807) is 11.0 Å². The van der Waals surface area contributed by atoms with Gasteiger partial charge in [-0.15, -0.1) is 5.10 Å². The Hall–Kier alpha value is -1.76. The molecule has 2 aromatic rings. The first-order valence-corrected chi connectivity index (χ1v) is 5.57. The average molecular weight is 235 g/mol. The summed E-state index contributed by atoms with van der Waals surface area (Å²) in [7, 11) is 0. The number of hydrogen-bond acceptors (Lipinski definition) is 5. The molecule has 92 valence electrons. The van der Waals surface area contributed by atoms with E-state index in [1.807, 2.05) is 31.6 Å². The summed E-state index contributed by atoms with van der Waals surface area (Å²) in [6, 6.07) is 0. The predicted molar refractivity (Wildman–Crippen MR) is 62.0 cm³/mol. The van der Waals surface area contributed by atoms with E-state index in [4.69, 9.17) is 5.73 Å². The van der Waals surface area contributed by atoms with Crippen molar-refractivity contribution in [2.45, 2.75) is 39.4 Å². The molecule has 0 aliphatic rings. The molecular weight excluding hydrogens is 218 g/mol. The van der Waals surface area contributed by atoms with Gasteiger partial charge < -0.3 is 5.73 Å². The van der Waals surface area contributed by atoms with Crippen molar-refractivity contribution in [1.29, 1.82) is 0 Å². The average Bonchev–Trinajstić information content (AvgIpc) is 2.86. The van der Waals surface area contributed by atoms with Gasteiger partial charge in [-0.2, -0.15) is 5.10 Å². The first-order valence-electron chi connectivity index (χ1n) is 5.57. The van der Waals surface area contributed by atoms with E-state index in [0.29, 0.717) is 6.54 Å². The van der Waals surface area contributed by atoms with E-state index in [-0.39, 0.29) is 0 Å². The monoisotopic (exact) mass is 235 g/mol. The molecule has 7 nitrogen and oxygen atoms in total. The van der Waals surface area contributed by atoms with Gasteiger partial charge in [0, 0.05) is 6.54 Å². The van der Waals surface area contributed by atoms with Crippen LogP contribution in [0.1, 0.15) is 32.3 Å². The number of nitrogens with two attached hydrogens (primary N) is 1. The maximum atomic E-state index is 5.95. The molecule has 0 aliphatic heterocycles. The molecular formula is C10H17N7. The highest BCUT2D eigenvalue weighted by Gasteiger charge is 2.18. The van der Waals surface area contributed by atoms with Crippen molar-refractivity contribution < 1.29 is 0 Å². The smallest absolute Gasteiger partial charge is 0.148 e. The minimum absolute atomic E-state index is 0.476. The van der Waals surface area contributed by atoms with Crippen molar-refractivity contribution in [1.82, 2.24) is 29.8 Å². The summed E-state index contributed by atoms with van der Waals surface area (Å²) in [6.07, 6.45) is 3.39. The lowest BCUT2D eigenvalue weighted by Gasteiger charge is -2.13. The Labute approximate surface area is 99.6 Å². The van der Waals surface area contributed by atoms with E-state index in [0.717, 1.165) is 18.1 Å². The molecule has 0 amide bonds. The fourth-order valence-corrected chi connectivity index (χ4v) is 1.49. The van der Waals surface area contributed by atoms with Crippen LogP contribution in [0.4, 0.5) is 0 Å². The summed E-state index contributed by atoms with van der Waals surface area (Å²) in [5, 5.41) is 12.2. The molecule has 0 atom stereocenters. The molecule has 0 radical (unpaired) electrons. The summed E-state index contributed by atoms with van der Waals surface area (Å²) in [5.74, 6) is 0.860. The van der Waals surface area contributed by atoms with Crippen LogP contribution in [0.3, 0.4) is 0 Å². The Morgan fingerprint density at radius 2 is 2.18 bits per heavy atom. The van der Waals surface area contributed by atoms with E-state index >= 15 is 0 Å². The van der Waals surface area contributed by atoms with Crippen molar-refractivity contribution in [3.05, 3.63) is 24.0 Å². The van der Waals surface area contributed by atoms with Crippen LogP contribution >= 0.6 is 0 Å². The lowest BCUT2D eigenvalue weighted by Crippen LogP contribution is -2.29. The summed E-state index contributed by atoms with van der Waals surface area (Å²) < 4.78 is 3.55. The largest absolute Gasteiger partial charge is 0.320 e. The highest BCUT2D eigenvalue weighted by molar-refractivity contribution is 5.06. The number of aromatic nitrogens is 6. The first kappa shape index (κ1) is 11.7. The minimum atomic E-state index is -0.476. The van der Waals surface area contributed by atoms with Crippen LogP contribution in [-0.4, -0.2) is 29.8 Å². The SMILES string of the molecule is CCn1ncnc1Cn1cc(C(C)(C)N)nn1. The van der Waals surface area contributed by atoms with Crippen molar-refractivity contribution in [2.24, 2.45) is 5.73 Å². The molecule has 17 heavy (non-hydrogen) atoms. The molecule has 0 aromatic carbocycles. The summed E-state index contributed by atoms with van der Waals surface area (Å²) in [6.45, 7) is 7.16. The third-order valence-corrected chi connectivity index (χ3v) is 2.50. The third kappa shape index (κ3) is 2.50. The third-order valence-electron chi connectivity index (χ3n) is 2.50. The highest BCUT2D eigenvalue weighted by Crippen LogP contribution is 2.12. The molecule has 0 saturated carbocycles. The van der Waals surface area contributed by atoms with Gasteiger partial charge >= 0.3 is 0 Å². The lowest BCUT2D eigenvalue weighted by molar-refractivity contribution is 0.533. The minimum Gasteiger partial charge on any atom is -0.320 e. The fourth-order valence-electron chi connectivity index (χ4n) is 1.49. The van der Waals surface area contributed by atoms with Crippen molar-refractivity contribution in [3.63, 3.8) is 0 Å². The zero-order chi connectivity index (χ0) is 12.5. The van der Waals surface area contributed by atoms with Gasteiger partial charge in [0.15, 0.2) is 0 Å². The number of rotatable bonds is 4. The molecule has 0 spiro atoms. The van der Waals surface area contributed by atoms with Gasteiger partial charge in [-0.3, -0.25) is 0 Å². The Bertz CT molecular complexity index is 491. The zero-order valence-corrected chi connectivity index (χ0v) is 10.3. The van der Waals surface area contributed by atoms with Gasteiger partial charge in [-0.05, 0) is 20.8 Å². The molecule has 7 heteroatoms. The quantitative estimate of drug-likeness (QED) is 0.814. The van der Waals surface area contributed by atoms with Crippen LogP contribution in [0.2, 0.25) is 0 Å². The van der Waals surface area contributed by atoms with Gasteiger partial charge in [0.05, 0.1) is 11.7 Å². The Morgan fingerprint density at radius 1 is 1.41 bits per heavy atom. The lowest BCUT2D eigenvalue weighted by atomic mass is 10.0. The van der Waals surface area contributed by atoms with Gasteiger partial charge in [0.25, 0.3) is 0 Å². The standard InChI is InChI=1S/C10H17N7/c1-4-17-9(12-7-13-17)6-16-5-8(14-15-16)10(2,3)11/h5,7H,4,6,11H2,1-3H3. The van der Waals surface area contributed by atoms with Crippen LogP contribution in [0, 0.1) is 0 Å². The second-order valence-electron chi connectivity index (χ2n) is 4.52. The molecule has 2 heterocycles. The molecule has 2 N–H and O–H groups in total. The van der Waals surface area contributed by atoms with Gasteiger partial charge in [-0.25, -0.2) is 14.3 Å². The van der Waals surface area contributed by atoms with Crippen molar-refractivity contribution in [3.8, 4) is 0 Å². The van der Waals surface area contributed by atoms with Crippen LogP contribution in [-0.2, 0) is 18.6 Å². The molecule has 0 aliphatic carbocycles. The molecule has 0 saturated heterocycles. The van der Waals surface area contributed by atoms with E-state index in [1.165, 1.54) is 0 Å². The van der Waals surface area contributed by atoms with Gasteiger partial charge in [-0.1, -0.05) is 5.21 Å². The second-order valence-corrected chi connectivity index (χ2v) is 4.52. The second kappa shape index (κ2) is 4.25. The van der Waals surface area contributed by atoms with E-state index in [9.17, 15) is 0 Å².